The van der Waals surface area contributed by atoms with Crippen molar-refractivity contribution in [1.82, 2.24) is 10.2 Å². The smallest absolute Gasteiger partial charge is 0.331 e. The molecule has 0 fully saturated rings. The summed E-state index contributed by atoms with van der Waals surface area (Å²) in [5.74, 6) is -1.69. The highest BCUT2D eigenvalue weighted by molar-refractivity contribution is 5.91. The van der Waals surface area contributed by atoms with Gasteiger partial charge in [-0.2, -0.15) is 0 Å². The van der Waals surface area contributed by atoms with Crippen molar-refractivity contribution in [2.45, 2.75) is 80.4 Å². The van der Waals surface area contributed by atoms with Crippen LogP contribution in [0.3, 0.4) is 0 Å². The first kappa shape index (κ1) is 26.1. The minimum absolute atomic E-state index is 0.00333. The van der Waals surface area contributed by atoms with Gasteiger partial charge < -0.3 is 21.1 Å². The van der Waals surface area contributed by atoms with E-state index in [2.05, 4.69) is 5.32 Å². The predicted molar refractivity (Wildman–Crippen MR) is 112 cm³/mol. The lowest BCUT2D eigenvalue weighted by molar-refractivity contribution is -0.141. The van der Waals surface area contributed by atoms with E-state index in [4.69, 9.17) is 5.73 Å². The van der Waals surface area contributed by atoms with Crippen LogP contribution in [0, 0.1) is 16.7 Å². The Morgan fingerprint density at radius 3 is 1.82 bits per heavy atom. The molecule has 162 valence electrons. The van der Waals surface area contributed by atoms with Crippen LogP contribution in [0.2, 0.25) is 0 Å². The normalized spacial score (nSPS) is 16.4. The van der Waals surface area contributed by atoms with E-state index in [-0.39, 0.29) is 23.3 Å². The third kappa shape index (κ3) is 7.26. The lowest BCUT2D eigenvalue weighted by atomic mass is 9.83. The number of hydrogen-bond donors (Lipinski definition) is 3. The molecule has 0 aliphatic carbocycles. The van der Waals surface area contributed by atoms with Gasteiger partial charge in [0.2, 0.25) is 11.8 Å². The van der Waals surface area contributed by atoms with E-state index in [1.165, 1.54) is 11.8 Å². The zero-order valence-corrected chi connectivity index (χ0v) is 19.1. The fraction of sp³-hybridized carbons (Fsp3) is 0.762. The van der Waals surface area contributed by atoms with Gasteiger partial charge in [0.15, 0.2) is 0 Å². The molecule has 7 heteroatoms. The third-order valence-electron chi connectivity index (χ3n) is 4.85. The predicted octanol–water partition coefficient (Wildman–Crippen LogP) is 2.40. The molecular weight excluding hydrogens is 358 g/mol. The molecule has 4 N–H and O–H groups in total. The number of amides is 2. The molecule has 0 rings (SSSR count). The summed E-state index contributed by atoms with van der Waals surface area (Å²) in [6.45, 7) is 16.5. The summed E-state index contributed by atoms with van der Waals surface area (Å²) in [5, 5.41) is 12.0. The van der Waals surface area contributed by atoms with E-state index in [0.29, 0.717) is 0 Å². The van der Waals surface area contributed by atoms with Crippen LogP contribution < -0.4 is 11.1 Å². The van der Waals surface area contributed by atoms with Crippen LogP contribution in [0.1, 0.15) is 62.3 Å². The molecule has 3 atom stereocenters. The third-order valence-corrected chi connectivity index (χ3v) is 4.85. The van der Waals surface area contributed by atoms with Crippen LogP contribution in [0.25, 0.3) is 0 Å². The first-order chi connectivity index (χ1) is 12.4. The van der Waals surface area contributed by atoms with Crippen molar-refractivity contribution in [3.05, 3.63) is 11.6 Å². The van der Waals surface area contributed by atoms with E-state index in [0.717, 1.165) is 0 Å². The summed E-state index contributed by atoms with van der Waals surface area (Å²) in [6.07, 6.45) is 1.58. The van der Waals surface area contributed by atoms with Gasteiger partial charge in [0, 0.05) is 12.6 Å². The second kappa shape index (κ2) is 9.54. The zero-order chi connectivity index (χ0) is 22.6. The Labute approximate surface area is 169 Å². The number of hydrogen-bond acceptors (Lipinski definition) is 4. The molecule has 0 spiro atoms. The van der Waals surface area contributed by atoms with Gasteiger partial charge in [0.05, 0.1) is 12.1 Å². The van der Waals surface area contributed by atoms with Gasteiger partial charge in [0.25, 0.3) is 0 Å². The summed E-state index contributed by atoms with van der Waals surface area (Å²) in [6, 6.07) is -1.97. The molecule has 0 aromatic rings. The fourth-order valence-electron chi connectivity index (χ4n) is 2.70. The van der Waals surface area contributed by atoms with Crippen LogP contribution in [0.15, 0.2) is 11.6 Å². The van der Waals surface area contributed by atoms with Gasteiger partial charge in [-0.15, -0.1) is 0 Å². The van der Waals surface area contributed by atoms with Gasteiger partial charge in [-0.1, -0.05) is 61.5 Å². The quantitative estimate of drug-likeness (QED) is 0.571. The fourth-order valence-corrected chi connectivity index (χ4v) is 2.70. The number of nitrogens with two attached hydrogens (primary N) is 1. The minimum Gasteiger partial charge on any atom is -0.478 e. The molecule has 0 aliphatic heterocycles. The molecule has 0 saturated carbocycles. The molecule has 28 heavy (non-hydrogen) atoms. The maximum atomic E-state index is 13.3. The topological polar surface area (TPSA) is 113 Å². The van der Waals surface area contributed by atoms with E-state index >= 15 is 0 Å². The highest BCUT2D eigenvalue weighted by Crippen LogP contribution is 2.25. The second-order valence-electron chi connectivity index (χ2n) is 9.99. The molecule has 0 radical (unpaired) electrons. The molecule has 2 amide bonds. The van der Waals surface area contributed by atoms with Crippen LogP contribution in [-0.4, -0.2) is 53.0 Å². The van der Waals surface area contributed by atoms with E-state index in [1.54, 1.807) is 13.1 Å². The molecule has 1 unspecified atom stereocenters. The Balaban J connectivity index is 5.81. The van der Waals surface area contributed by atoms with Gasteiger partial charge in [-0.25, -0.2) is 4.79 Å². The highest BCUT2D eigenvalue weighted by Gasteiger charge is 2.39. The largest absolute Gasteiger partial charge is 0.478 e. The number of rotatable bonds is 7. The van der Waals surface area contributed by atoms with Crippen LogP contribution in [0.5, 0.6) is 0 Å². The van der Waals surface area contributed by atoms with E-state index in [1.807, 2.05) is 55.4 Å². The van der Waals surface area contributed by atoms with Crippen molar-refractivity contribution in [3.63, 3.8) is 0 Å². The molecule has 0 bridgehead atoms. The van der Waals surface area contributed by atoms with Crippen molar-refractivity contribution in [1.29, 1.82) is 0 Å². The SMILES string of the molecule is C/C(=C\[C@H](C(C)C)N(C)C(=O)C(NC(=O)[C@@H](N)C(C)(C)C)C(C)(C)C)C(=O)O. The number of likely N-dealkylation sites (N-methyl/N-ethyl adjacent to an activating group) is 1. The van der Waals surface area contributed by atoms with E-state index < -0.39 is 34.9 Å². The first-order valence-electron chi connectivity index (χ1n) is 9.65. The van der Waals surface area contributed by atoms with Gasteiger partial charge in [-0.05, 0) is 23.7 Å². The van der Waals surface area contributed by atoms with E-state index in [9.17, 15) is 19.5 Å². The Morgan fingerprint density at radius 1 is 1.04 bits per heavy atom. The number of nitrogens with zero attached hydrogens (tertiary/aromatic N) is 1. The Bertz CT molecular complexity index is 612. The second-order valence-corrected chi connectivity index (χ2v) is 9.99. The maximum Gasteiger partial charge on any atom is 0.331 e. The summed E-state index contributed by atoms with van der Waals surface area (Å²) in [7, 11) is 1.63. The summed E-state index contributed by atoms with van der Waals surface area (Å²) < 4.78 is 0. The van der Waals surface area contributed by atoms with Gasteiger partial charge in [-0.3, -0.25) is 9.59 Å². The Hall–Kier alpha value is -1.89. The van der Waals surface area contributed by atoms with Gasteiger partial charge >= 0.3 is 5.97 Å². The lowest BCUT2D eigenvalue weighted by Gasteiger charge is -2.38. The standard InChI is InChI=1S/C21H39N3O4/c1-12(2)14(11-13(3)19(27)28)24(10)18(26)16(21(7,8)9)23-17(25)15(22)20(4,5)6/h11-12,14-16H,22H2,1-10H3,(H,23,25)(H,27,28)/b13-11+/t14-,15-,16?/m1/s1. The number of carbonyl (C=O) groups is 3. The Kier molecular flexibility index (Phi) is 8.90. The maximum absolute atomic E-state index is 13.3. The Morgan fingerprint density at radius 2 is 1.50 bits per heavy atom. The molecule has 0 aromatic carbocycles. The van der Waals surface area contributed by atoms with Crippen molar-refractivity contribution in [3.8, 4) is 0 Å². The lowest BCUT2D eigenvalue weighted by Crippen LogP contribution is -2.60. The molecule has 0 aliphatic rings. The van der Waals surface area contributed by atoms with Crippen LogP contribution in [0.4, 0.5) is 0 Å². The van der Waals surface area contributed by atoms with Crippen molar-refractivity contribution < 1.29 is 19.5 Å². The number of aliphatic carboxylic acids is 1. The van der Waals surface area contributed by atoms with Crippen LogP contribution in [-0.2, 0) is 14.4 Å². The molecule has 0 heterocycles. The van der Waals surface area contributed by atoms with Gasteiger partial charge in [0.1, 0.15) is 6.04 Å². The van der Waals surface area contributed by atoms with Crippen molar-refractivity contribution >= 4 is 17.8 Å². The van der Waals surface area contributed by atoms with Crippen molar-refractivity contribution in [2.75, 3.05) is 7.05 Å². The molecular formula is C21H39N3O4. The molecule has 0 aromatic heterocycles. The summed E-state index contributed by atoms with van der Waals surface area (Å²) in [4.78, 5) is 38.7. The van der Waals surface area contributed by atoms with Crippen LogP contribution >= 0.6 is 0 Å². The number of nitrogens with one attached hydrogen (secondary N) is 1. The molecule has 7 nitrogen and oxygen atoms in total. The minimum atomic E-state index is -1.02. The monoisotopic (exact) mass is 397 g/mol. The average molecular weight is 398 g/mol. The number of carboxylic acid groups (broad SMARTS) is 1. The molecule has 0 saturated heterocycles. The zero-order valence-electron chi connectivity index (χ0n) is 19.1. The summed E-state index contributed by atoms with van der Waals surface area (Å²) >= 11 is 0. The van der Waals surface area contributed by atoms with Crippen molar-refractivity contribution in [2.24, 2.45) is 22.5 Å². The number of carbonyl (C=O) groups excluding carboxylic acids is 2. The highest BCUT2D eigenvalue weighted by atomic mass is 16.4. The number of carboxylic acids is 1. The first-order valence-corrected chi connectivity index (χ1v) is 9.65. The average Bonchev–Trinajstić information content (AvgIpc) is 2.52. The summed E-state index contributed by atoms with van der Waals surface area (Å²) in [5.41, 5.74) is 5.24.